The maximum Gasteiger partial charge on any atom is 0.209 e. The van der Waals surface area contributed by atoms with Gasteiger partial charge in [0.1, 0.15) is 5.52 Å². The third-order valence-electron chi connectivity index (χ3n) is 3.32. The SMILES string of the molecule is CC1CNCCN1Cc1nc2ccccc2o1. The summed E-state index contributed by atoms with van der Waals surface area (Å²) >= 11 is 0. The molecule has 4 heteroatoms. The van der Waals surface area contributed by atoms with E-state index in [1.165, 1.54) is 0 Å². The van der Waals surface area contributed by atoms with E-state index in [9.17, 15) is 0 Å². The molecule has 0 saturated carbocycles. The highest BCUT2D eigenvalue weighted by Gasteiger charge is 2.19. The quantitative estimate of drug-likeness (QED) is 0.852. The standard InChI is InChI=1S/C13H17N3O/c1-10-8-14-6-7-16(10)9-13-15-11-4-2-3-5-12(11)17-13/h2-5,10,14H,6-9H2,1H3. The second-order valence-electron chi connectivity index (χ2n) is 4.60. The minimum absolute atomic E-state index is 0.541. The van der Waals surface area contributed by atoms with Crippen molar-refractivity contribution in [3.05, 3.63) is 30.2 Å². The summed E-state index contributed by atoms with van der Waals surface area (Å²) in [4.78, 5) is 6.92. The molecule has 2 heterocycles. The molecule has 3 rings (SSSR count). The summed E-state index contributed by atoms with van der Waals surface area (Å²) in [5.74, 6) is 0.819. The van der Waals surface area contributed by atoms with Crippen LogP contribution in [0, 0.1) is 0 Å². The van der Waals surface area contributed by atoms with Crippen molar-refractivity contribution in [1.29, 1.82) is 0 Å². The molecule has 1 aliphatic heterocycles. The molecular formula is C13H17N3O. The molecule has 0 amide bonds. The van der Waals surface area contributed by atoms with Crippen molar-refractivity contribution >= 4 is 11.1 Å². The van der Waals surface area contributed by atoms with Gasteiger partial charge in [-0.25, -0.2) is 4.98 Å². The summed E-state index contributed by atoms with van der Waals surface area (Å²) in [5.41, 5.74) is 1.83. The number of oxazole rings is 1. The van der Waals surface area contributed by atoms with Crippen molar-refractivity contribution in [2.45, 2.75) is 19.5 Å². The Hall–Kier alpha value is -1.39. The molecule has 1 saturated heterocycles. The number of hydrogen-bond donors (Lipinski definition) is 1. The summed E-state index contributed by atoms with van der Waals surface area (Å²) in [6, 6.07) is 8.46. The number of nitrogens with one attached hydrogen (secondary N) is 1. The van der Waals surface area contributed by atoms with Crippen molar-refractivity contribution in [2.24, 2.45) is 0 Å². The molecule has 1 unspecified atom stereocenters. The first kappa shape index (κ1) is 10.7. The second-order valence-corrected chi connectivity index (χ2v) is 4.60. The normalized spacial score (nSPS) is 22.1. The van der Waals surface area contributed by atoms with Crippen LogP contribution in [0.3, 0.4) is 0 Å². The molecular weight excluding hydrogens is 214 g/mol. The van der Waals surface area contributed by atoms with Crippen LogP contribution in [0.15, 0.2) is 28.7 Å². The molecule has 2 aromatic rings. The van der Waals surface area contributed by atoms with Crippen LogP contribution in [-0.2, 0) is 6.54 Å². The highest BCUT2D eigenvalue weighted by Crippen LogP contribution is 2.17. The summed E-state index contributed by atoms with van der Waals surface area (Å²) in [6.45, 7) is 6.18. The van der Waals surface area contributed by atoms with Crippen LogP contribution in [0.1, 0.15) is 12.8 Å². The van der Waals surface area contributed by atoms with Crippen LogP contribution < -0.4 is 5.32 Å². The largest absolute Gasteiger partial charge is 0.439 e. The van der Waals surface area contributed by atoms with Crippen LogP contribution in [-0.4, -0.2) is 35.6 Å². The summed E-state index contributed by atoms with van der Waals surface area (Å²) < 4.78 is 5.75. The van der Waals surface area contributed by atoms with Gasteiger partial charge in [0.15, 0.2) is 5.58 Å². The minimum atomic E-state index is 0.541. The van der Waals surface area contributed by atoms with Crippen LogP contribution in [0.4, 0.5) is 0 Å². The molecule has 1 atom stereocenters. The Kier molecular flexibility index (Phi) is 2.82. The van der Waals surface area contributed by atoms with Gasteiger partial charge in [-0.15, -0.1) is 0 Å². The highest BCUT2D eigenvalue weighted by atomic mass is 16.3. The Labute approximate surface area is 101 Å². The minimum Gasteiger partial charge on any atom is -0.439 e. The van der Waals surface area contributed by atoms with Crippen molar-refractivity contribution in [3.8, 4) is 0 Å². The molecule has 1 aromatic carbocycles. The zero-order chi connectivity index (χ0) is 11.7. The van der Waals surface area contributed by atoms with Crippen LogP contribution in [0.2, 0.25) is 0 Å². The number of fused-ring (bicyclic) bond motifs is 1. The van der Waals surface area contributed by atoms with Crippen LogP contribution in [0.5, 0.6) is 0 Å². The number of rotatable bonds is 2. The maximum atomic E-state index is 5.75. The summed E-state index contributed by atoms with van der Waals surface area (Å²) in [6.07, 6.45) is 0. The molecule has 0 bridgehead atoms. The fourth-order valence-electron chi connectivity index (χ4n) is 2.28. The van der Waals surface area contributed by atoms with Gasteiger partial charge >= 0.3 is 0 Å². The Bertz CT molecular complexity index is 475. The first-order valence-electron chi connectivity index (χ1n) is 6.12. The average molecular weight is 231 g/mol. The zero-order valence-corrected chi connectivity index (χ0v) is 10.0. The number of aromatic nitrogens is 1. The summed E-state index contributed by atoms with van der Waals surface area (Å²) in [5, 5.41) is 3.38. The van der Waals surface area contributed by atoms with E-state index < -0.39 is 0 Å². The van der Waals surface area contributed by atoms with Crippen molar-refractivity contribution in [2.75, 3.05) is 19.6 Å². The van der Waals surface area contributed by atoms with E-state index in [2.05, 4.69) is 22.1 Å². The summed E-state index contributed by atoms with van der Waals surface area (Å²) in [7, 11) is 0. The van der Waals surface area contributed by atoms with Gasteiger partial charge in [0, 0.05) is 25.7 Å². The van der Waals surface area contributed by atoms with Gasteiger partial charge in [0.25, 0.3) is 0 Å². The van der Waals surface area contributed by atoms with E-state index in [1.54, 1.807) is 0 Å². The van der Waals surface area contributed by atoms with Gasteiger partial charge in [0.2, 0.25) is 5.89 Å². The van der Waals surface area contributed by atoms with Gasteiger partial charge in [0.05, 0.1) is 6.54 Å². The third-order valence-corrected chi connectivity index (χ3v) is 3.32. The van der Waals surface area contributed by atoms with Gasteiger partial charge in [-0.1, -0.05) is 12.1 Å². The average Bonchev–Trinajstić information content (AvgIpc) is 2.74. The van der Waals surface area contributed by atoms with E-state index in [4.69, 9.17) is 4.42 Å². The molecule has 0 spiro atoms. The lowest BCUT2D eigenvalue weighted by molar-refractivity contribution is 0.152. The van der Waals surface area contributed by atoms with E-state index in [-0.39, 0.29) is 0 Å². The van der Waals surface area contributed by atoms with Crippen LogP contribution in [0.25, 0.3) is 11.1 Å². The number of benzene rings is 1. The molecule has 4 nitrogen and oxygen atoms in total. The molecule has 1 aliphatic rings. The second kappa shape index (κ2) is 4.47. The predicted octanol–water partition coefficient (Wildman–Crippen LogP) is 1.62. The van der Waals surface area contributed by atoms with E-state index in [0.717, 1.165) is 43.2 Å². The molecule has 90 valence electrons. The fourth-order valence-corrected chi connectivity index (χ4v) is 2.28. The molecule has 0 radical (unpaired) electrons. The van der Waals surface area contributed by atoms with Crippen LogP contribution >= 0.6 is 0 Å². The van der Waals surface area contributed by atoms with Crippen molar-refractivity contribution in [3.63, 3.8) is 0 Å². The fraction of sp³-hybridized carbons (Fsp3) is 0.462. The lowest BCUT2D eigenvalue weighted by atomic mass is 10.2. The maximum absolute atomic E-state index is 5.75. The monoisotopic (exact) mass is 231 g/mol. The van der Waals surface area contributed by atoms with E-state index in [1.807, 2.05) is 24.3 Å². The van der Waals surface area contributed by atoms with Gasteiger partial charge in [-0.3, -0.25) is 4.90 Å². The third kappa shape index (κ3) is 2.18. The number of hydrogen-bond acceptors (Lipinski definition) is 4. The zero-order valence-electron chi connectivity index (χ0n) is 10.0. The Morgan fingerprint density at radius 3 is 3.18 bits per heavy atom. The highest BCUT2D eigenvalue weighted by molar-refractivity contribution is 5.72. The van der Waals surface area contributed by atoms with E-state index in [0.29, 0.717) is 6.04 Å². The first-order valence-corrected chi connectivity index (χ1v) is 6.12. The molecule has 1 fully saturated rings. The Morgan fingerprint density at radius 2 is 2.35 bits per heavy atom. The first-order chi connectivity index (χ1) is 8.33. The van der Waals surface area contributed by atoms with Crippen molar-refractivity contribution in [1.82, 2.24) is 15.2 Å². The van der Waals surface area contributed by atoms with Crippen molar-refractivity contribution < 1.29 is 4.42 Å². The lowest BCUT2D eigenvalue weighted by Crippen LogP contribution is -2.49. The molecule has 0 aliphatic carbocycles. The topological polar surface area (TPSA) is 41.3 Å². The Balaban J connectivity index is 1.79. The van der Waals surface area contributed by atoms with E-state index >= 15 is 0 Å². The molecule has 1 N–H and O–H groups in total. The number of nitrogens with zero attached hydrogens (tertiary/aromatic N) is 2. The van der Waals surface area contributed by atoms with Gasteiger partial charge in [-0.2, -0.15) is 0 Å². The number of piperazine rings is 1. The lowest BCUT2D eigenvalue weighted by Gasteiger charge is -2.32. The van der Waals surface area contributed by atoms with Gasteiger partial charge in [-0.05, 0) is 19.1 Å². The Morgan fingerprint density at radius 1 is 1.47 bits per heavy atom. The number of para-hydroxylation sites is 2. The predicted molar refractivity (Wildman–Crippen MR) is 66.8 cm³/mol. The van der Waals surface area contributed by atoms with Gasteiger partial charge < -0.3 is 9.73 Å². The molecule has 1 aromatic heterocycles. The molecule has 17 heavy (non-hydrogen) atoms. The smallest absolute Gasteiger partial charge is 0.209 e.